The highest BCUT2D eigenvalue weighted by molar-refractivity contribution is 5.80. The summed E-state index contributed by atoms with van der Waals surface area (Å²) >= 11 is 0. The average Bonchev–Trinajstić information content (AvgIpc) is 2.65. The lowest BCUT2D eigenvalue weighted by Gasteiger charge is -2.33. The molecule has 1 fully saturated rings. The van der Waals surface area contributed by atoms with Crippen LogP contribution in [0.2, 0.25) is 0 Å². The zero-order chi connectivity index (χ0) is 17.7. The summed E-state index contributed by atoms with van der Waals surface area (Å²) < 4.78 is 5.64. The first-order valence-corrected chi connectivity index (χ1v) is 9.61. The van der Waals surface area contributed by atoms with E-state index in [2.05, 4.69) is 39.4 Å². The lowest BCUT2D eigenvalue weighted by atomic mass is 10.0. The third-order valence-corrected chi connectivity index (χ3v) is 4.36. The fraction of sp³-hybridized carbons (Fsp3) is 0.684. The summed E-state index contributed by atoms with van der Waals surface area (Å²) in [6.07, 6.45) is 8.40. The molecular weight excluding hydrogens is 314 g/mol. The molecule has 0 amide bonds. The number of pyridine rings is 1. The summed E-state index contributed by atoms with van der Waals surface area (Å²) in [5, 5.41) is 6.91. The number of guanidine groups is 1. The minimum atomic E-state index is 0.509. The second-order valence-electron chi connectivity index (χ2n) is 6.41. The Kier molecular flexibility index (Phi) is 9.12. The Morgan fingerprint density at radius 1 is 1.36 bits per heavy atom. The summed E-state index contributed by atoms with van der Waals surface area (Å²) in [5.74, 6) is 1.68. The van der Waals surface area contributed by atoms with E-state index in [0.29, 0.717) is 19.2 Å². The van der Waals surface area contributed by atoms with Gasteiger partial charge >= 0.3 is 0 Å². The zero-order valence-electron chi connectivity index (χ0n) is 15.7. The standard InChI is InChI=1S/C19H33N5O/c1-3-5-12-24-13-8-17(9-14-24)23-19(21-4-2)22-11-15-25-18-7-6-10-20-16-18/h6-7,10,16-17H,3-5,8-9,11-15H2,1-2H3,(H2,21,22,23). The van der Waals surface area contributed by atoms with Gasteiger partial charge in [-0.1, -0.05) is 13.3 Å². The molecule has 25 heavy (non-hydrogen) atoms. The van der Waals surface area contributed by atoms with Crippen LogP contribution in [-0.4, -0.2) is 61.2 Å². The van der Waals surface area contributed by atoms with Crippen LogP contribution in [0, 0.1) is 0 Å². The van der Waals surface area contributed by atoms with E-state index in [0.717, 1.165) is 18.3 Å². The van der Waals surface area contributed by atoms with Gasteiger partial charge in [0.25, 0.3) is 0 Å². The summed E-state index contributed by atoms with van der Waals surface area (Å²) in [6.45, 7) is 10.00. The van der Waals surface area contributed by atoms with Crippen LogP contribution in [0.15, 0.2) is 29.5 Å². The van der Waals surface area contributed by atoms with Crippen LogP contribution >= 0.6 is 0 Å². The summed E-state index contributed by atoms with van der Waals surface area (Å²) in [4.78, 5) is 11.2. The molecule has 1 aliphatic heterocycles. The van der Waals surface area contributed by atoms with E-state index in [1.807, 2.05) is 12.1 Å². The number of nitrogens with one attached hydrogen (secondary N) is 2. The Bertz CT molecular complexity index is 486. The second-order valence-corrected chi connectivity index (χ2v) is 6.41. The minimum absolute atomic E-state index is 0.509. The molecule has 0 spiro atoms. The van der Waals surface area contributed by atoms with Crippen LogP contribution in [0.1, 0.15) is 39.5 Å². The van der Waals surface area contributed by atoms with Crippen molar-refractivity contribution in [1.29, 1.82) is 0 Å². The summed E-state index contributed by atoms with van der Waals surface area (Å²) in [5.41, 5.74) is 0. The number of piperidine rings is 1. The predicted molar refractivity (Wildman–Crippen MR) is 103 cm³/mol. The number of nitrogens with zero attached hydrogens (tertiary/aromatic N) is 3. The van der Waals surface area contributed by atoms with E-state index < -0.39 is 0 Å². The number of rotatable bonds is 9. The van der Waals surface area contributed by atoms with Gasteiger partial charge in [-0.3, -0.25) is 4.98 Å². The smallest absolute Gasteiger partial charge is 0.191 e. The number of hydrogen-bond donors (Lipinski definition) is 2. The van der Waals surface area contributed by atoms with Gasteiger partial charge in [0.1, 0.15) is 12.4 Å². The lowest BCUT2D eigenvalue weighted by Crippen LogP contribution is -2.48. The van der Waals surface area contributed by atoms with Gasteiger partial charge in [0, 0.05) is 31.9 Å². The maximum absolute atomic E-state index is 5.64. The Balaban J connectivity index is 1.70. The molecule has 0 aromatic carbocycles. The third kappa shape index (κ3) is 7.73. The number of aliphatic imine (C=N–C) groups is 1. The zero-order valence-corrected chi connectivity index (χ0v) is 15.7. The first kappa shape index (κ1) is 19.5. The van der Waals surface area contributed by atoms with Crippen molar-refractivity contribution < 1.29 is 4.74 Å². The number of hydrogen-bond acceptors (Lipinski definition) is 4. The Hall–Kier alpha value is -1.82. The number of aromatic nitrogens is 1. The number of unbranched alkanes of at least 4 members (excludes halogenated alkanes) is 1. The molecule has 1 saturated heterocycles. The van der Waals surface area contributed by atoms with Gasteiger partial charge in [0.15, 0.2) is 5.96 Å². The molecular formula is C19H33N5O. The molecule has 1 aromatic rings. The molecule has 0 aliphatic carbocycles. The fourth-order valence-electron chi connectivity index (χ4n) is 2.95. The summed E-state index contributed by atoms with van der Waals surface area (Å²) in [7, 11) is 0. The van der Waals surface area contributed by atoms with Crippen molar-refractivity contribution in [1.82, 2.24) is 20.5 Å². The average molecular weight is 348 g/mol. The van der Waals surface area contributed by atoms with Gasteiger partial charge in [-0.25, -0.2) is 4.99 Å². The van der Waals surface area contributed by atoms with E-state index in [1.54, 1.807) is 12.4 Å². The van der Waals surface area contributed by atoms with Crippen LogP contribution in [0.5, 0.6) is 5.75 Å². The summed E-state index contributed by atoms with van der Waals surface area (Å²) in [6, 6.07) is 4.29. The maximum Gasteiger partial charge on any atom is 0.191 e. The highest BCUT2D eigenvalue weighted by Crippen LogP contribution is 2.11. The van der Waals surface area contributed by atoms with E-state index in [4.69, 9.17) is 4.74 Å². The first-order chi connectivity index (χ1) is 12.3. The molecule has 0 atom stereocenters. The highest BCUT2D eigenvalue weighted by atomic mass is 16.5. The van der Waals surface area contributed by atoms with E-state index >= 15 is 0 Å². The molecule has 0 radical (unpaired) electrons. The van der Waals surface area contributed by atoms with Gasteiger partial charge in [-0.2, -0.15) is 0 Å². The van der Waals surface area contributed by atoms with E-state index in [1.165, 1.54) is 45.3 Å². The molecule has 0 bridgehead atoms. The van der Waals surface area contributed by atoms with Gasteiger partial charge < -0.3 is 20.3 Å². The topological polar surface area (TPSA) is 61.8 Å². The van der Waals surface area contributed by atoms with Crippen molar-refractivity contribution in [3.8, 4) is 5.75 Å². The monoisotopic (exact) mass is 347 g/mol. The molecule has 140 valence electrons. The van der Waals surface area contributed by atoms with Gasteiger partial charge in [0.05, 0.1) is 12.7 Å². The van der Waals surface area contributed by atoms with E-state index in [-0.39, 0.29) is 0 Å². The third-order valence-electron chi connectivity index (χ3n) is 4.36. The van der Waals surface area contributed by atoms with Crippen molar-refractivity contribution >= 4 is 5.96 Å². The van der Waals surface area contributed by atoms with E-state index in [9.17, 15) is 0 Å². The molecule has 6 heteroatoms. The maximum atomic E-state index is 5.64. The van der Waals surface area contributed by atoms with Gasteiger partial charge in [0.2, 0.25) is 0 Å². The minimum Gasteiger partial charge on any atom is -0.490 e. The Morgan fingerprint density at radius 2 is 2.20 bits per heavy atom. The molecule has 0 saturated carbocycles. The van der Waals surface area contributed by atoms with Gasteiger partial charge in [-0.05, 0) is 44.9 Å². The largest absolute Gasteiger partial charge is 0.490 e. The molecule has 2 rings (SSSR count). The first-order valence-electron chi connectivity index (χ1n) is 9.61. The lowest BCUT2D eigenvalue weighted by molar-refractivity contribution is 0.203. The predicted octanol–water partition coefficient (Wildman–Crippen LogP) is 2.28. The normalized spacial score (nSPS) is 16.6. The SMILES string of the molecule is CCCCN1CCC(NC(=NCCOc2cccnc2)NCC)CC1. The van der Waals surface area contributed by atoms with Crippen LogP contribution in [0.4, 0.5) is 0 Å². The number of likely N-dealkylation sites (tertiary alicyclic amines) is 1. The van der Waals surface area contributed by atoms with Crippen molar-refractivity contribution in [2.75, 3.05) is 39.3 Å². The van der Waals surface area contributed by atoms with Crippen molar-refractivity contribution in [2.24, 2.45) is 4.99 Å². The van der Waals surface area contributed by atoms with Crippen LogP contribution in [0.3, 0.4) is 0 Å². The highest BCUT2D eigenvalue weighted by Gasteiger charge is 2.19. The van der Waals surface area contributed by atoms with Gasteiger partial charge in [-0.15, -0.1) is 0 Å². The van der Waals surface area contributed by atoms with Crippen LogP contribution < -0.4 is 15.4 Å². The Morgan fingerprint density at radius 3 is 2.88 bits per heavy atom. The molecule has 0 unspecified atom stereocenters. The van der Waals surface area contributed by atoms with Crippen LogP contribution in [0.25, 0.3) is 0 Å². The molecule has 2 heterocycles. The van der Waals surface area contributed by atoms with Crippen LogP contribution in [-0.2, 0) is 0 Å². The molecule has 6 nitrogen and oxygen atoms in total. The number of ether oxygens (including phenoxy) is 1. The second kappa shape index (κ2) is 11.7. The molecule has 1 aromatic heterocycles. The Labute approximate surface area is 152 Å². The molecule has 1 aliphatic rings. The quantitative estimate of drug-likeness (QED) is 0.408. The molecule has 2 N–H and O–H groups in total. The fourth-order valence-corrected chi connectivity index (χ4v) is 2.95. The van der Waals surface area contributed by atoms with Crippen molar-refractivity contribution in [3.63, 3.8) is 0 Å². The van der Waals surface area contributed by atoms with Crippen molar-refractivity contribution in [3.05, 3.63) is 24.5 Å². The van der Waals surface area contributed by atoms with Crippen molar-refractivity contribution in [2.45, 2.75) is 45.6 Å².